The molecule has 0 aliphatic heterocycles. The molecule has 0 radical (unpaired) electrons. The third-order valence-electron chi connectivity index (χ3n) is 2.20. The topological polar surface area (TPSA) is 46.2 Å². The second-order valence-corrected chi connectivity index (χ2v) is 6.41. The van der Waals surface area contributed by atoms with Crippen LogP contribution in [0.25, 0.3) is 0 Å². The Morgan fingerprint density at radius 2 is 1.76 bits per heavy atom. The second kappa shape index (κ2) is 7.47. The van der Waals surface area contributed by atoms with Gasteiger partial charge in [-0.05, 0) is 32.9 Å². The van der Waals surface area contributed by atoms with Crippen molar-refractivity contribution >= 4 is 19.3 Å². The summed E-state index contributed by atoms with van der Waals surface area (Å²) in [5.41, 5.74) is 1.15. The van der Waals surface area contributed by atoms with Crippen LogP contribution in [0.1, 0.15) is 19.4 Å². The van der Waals surface area contributed by atoms with Crippen molar-refractivity contribution in [2.45, 2.75) is 24.9 Å². The maximum absolute atomic E-state index is 11.8. The summed E-state index contributed by atoms with van der Waals surface area (Å²) >= 11 is 0. The molecule has 17 heavy (non-hydrogen) atoms. The molecule has 1 N–H and O–H groups in total. The Morgan fingerprint density at radius 3 is 2.18 bits per heavy atom. The van der Waals surface area contributed by atoms with Gasteiger partial charge in [-0.15, -0.1) is 0 Å². The first-order valence-corrected chi connectivity index (χ1v) is 7.82. The molecule has 98 valence electrons. The monoisotopic (exact) mass is 339 g/mol. The van der Waals surface area contributed by atoms with Gasteiger partial charge in [0.2, 0.25) is 10.0 Å². The zero-order valence-electron chi connectivity index (χ0n) is 10.1. The van der Waals surface area contributed by atoms with Gasteiger partial charge in [-0.1, -0.05) is 26.0 Å². The van der Waals surface area contributed by atoms with Crippen LogP contribution in [-0.2, 0) is 16.2 Å². The lowest BCUT2D eigenvalue weighted by Crippen LogP contribution is -3.00. The highest BCUT2D eigenvalue weighted by Gasteiger charge is 2.13. The van der Waals surface area contributed by atoms with Crippen LogP contribution in [0.15, 0.2) is 29.2 Å². The molecular formula is C11H19BrNO2PS. The van der Waals surface area contributed by atoms with E-state index < -0.39 is 10.0 Å². The summed E-state index contributed by atoms with van der Waals surface area (Å²) in [6.45, 7) is 4.42. The molecule has 0 saturated carbocycles. The molecule has 1 aromatic carbocycles. The van der Waals surface area contributed by atoms with Gasteiger partial charge < -0.3 is 17.0 Å². The second-order valence-electron chi connectivity index (χ2n) is 4.14. The molecule has 0 bridgehead atoms. The Bertz CT molecular complexity index is 431. The number of hydrogen-bond acceptors (Lipinski definition) is 2. The predicted octanol–water partition coefficient (Wildman–Crippen LogP) is -1.27. The van der Waals surface area contributed by atoms with E-state index in [1.807, 2.05) is 35.2 Å². The number of sulfonamides is 1. The quantitative estimate of drug-likeness (QED) is 0.680. The number of nitrogens with one attached hydrogen (secondary N) is 1. The summed E-state index contributed by atoms with van der Waals surface area (Å²) in [6.07, 6.45) is 0.944. The lowest BCUT2D eigenvalue weighted by atomic mass is 10.2. The van der Waals surface area contributed by atoms with Crippen LogP contribution in [-0.4, -0.2) is 15.0 Å². The van der Waals surface area contributed by atoms with Gasteiger partial charge in [0, 0.05) is 6.54 Å². The standard InChI is InChI=1S/C11H18NO2PS.BrH/c1-9(2)7-12-16(13,14)11-5-3-10(8-15)4-6-11;/h3-6,9,12H,7-8,15H2,1-2H3;1H. The number of benzene rings is 1. The fourth-order valence-electron chi connectivity index (χ4n) is 1.19. The minimum Gasteiger partial charge on any atom is -1.00 e. The van der Waals surface area contributed by atoms with E-state index in [-0.39, 0.29) is 17.0 Å². The van der Waals surface area contributed by atoms with Crippen molar-refractivity contribution in [1.29, 1.82) is 0 Å². The van der Waals surface area contributed by atoms with E-state index in [1.54, 1.807) is 12.1 Å². The van der Waals surface area contributed by atoms with Crippen molar-refractivity contribution in [3.05, 3.63) is 29.8 Å². The zero-order chi connectivity index (χ0) is 12.2. The van der Waals surface area contributed by atoms with Crippen molar-refractivity contribution in [3.8, 4) is 0 Å². The molecule has 0 aliphatic carbocycles. The predicted molar refractivity (Wildman–Crippen MR) is 71.3 cm³/mol. The normalized spacial score (nSPS) is 11.5. The Kier molecular flexibility index (Phi) is 7.49. The lowest BCUT2D eigenvalue weighted by molar-refractivity contribution is -0.00000593. The Balaban J connectivity index is 0.00000256. The molecule has 1 atom stereocenters. The van der Waals surface area contributed by atoms with Crippen LogP contribution in [0.3, 0.4) is 0 Å². The molecular weight excluding hydrogens is 321 g/mol. The highest BCUT2D eigenvalue weighted by Crippen LogP contribution is 2.12. The van der Waals surface area contributed by atoms with E-state index in [9.17, 15) is 8.42 Å². The third kappa shape index (κ3) is 5.47. The number of rotatable bonds is 5. The van der Waals surface area contributed by atoms with Crippen molar-refractivity contribution in [2.75, 3.05) is 6.54 Å². The maximum atomic E-state index is 11.8. The summed E-state index contributed by atoms with van der Waals surface area (Å²) in [5, 5.41) is 0. The molecule has 3 nitrogen and oxygen atoms in total. The van der Waals surface area contributed by atoms with Gasteiger partial charge in [0.15, 0.2) is 0 Å². The van der Waals surface area contributed by atoms with E-state index in [0.29, 0.717) is 17.4 Å². The Labute approximate surface area is 116 Å². The Morgan fingerprint density at radius 1 is 1.24 bits per heavy atom. The largest absolute Gasteiger partial charge is 1.00 e. The highest BCUT2D eigenvalue weighted by atomic mass is 79.9. The molecule has 6 heteroatoms. The average molecular weight is 340 g/mol. The molecule has 0 saturated heterocycles. The van der Waals surface area contributed by atoms with Crippen LogP contribution >= 0.6 is 9.24 Å². The summed E-state index contributed by atoms with van der Waals surface area (Å²) in [5.74, 6) is 0.311. The lowest BCUT2D eigenvalue weighted by Gasteiger charge is -2.08. The molecule has 1 unspecified atom stereocenters. The zero-order valence-corrected chi connectivity index (χ0v) is 13.9. The van der Waals surface area contributed by atoms with Gasteiger partial charge in [-0.3, -0.25) is 0 Å². The van der Waals surface area contributed by atoms with Crippen molar-refractivity contribution in [3.63, 3.8) is 0 Å². The first kappa shape index (κ1) is 17.0. The van der Waals surface area contributed by atoms with Crippen molar-refractivity contribution in [1.82, 2.24) is 4.72 Å². The van der Waals surface area contributed by atoms with Gasteiger partial charge in [0.1, 0.15) is 0 Å². The Hall–Kier alpha value is 0.0400. The van der Waals surface area contributed by atoms with E-state index in [1.165, 1.54) is 0 Å². The first-order valence-electron chi connectivity index (χ1n) is 5.33. The molecule has 0 aliphatic rings. The van der Waals surface area contributed by atoms with Crippen LogP contribution in [0.5, 0.6) is 0 Å². The summed E-state index contributed by atoms with van der Waals surface area (Å²) in [6, 6.07) is 7.03. The van der Waals surface area contributed by atoms with E-state index in [0.717, 1.165) is 11.7 Å². The molecule has 0 aromatic heterocycles. The van der Waals surface area contributed by atoms with Gasteiger partial charge in [-0.25, -0.2) is 13.1 Å². The summed E-state index contributed by atoms with van der Waals surface area (Å²) < 4.78 is 26.2. The SMILES string of the molecule is CC(C)CNS(=O)(=O)c1ccc(C[PH3+])cc1.[Br-]. The fraction of sp³-hybridized carbons (Fsp3) is 0.455. The molecule has 0 spiro atoms. The van der Waals surface area contributed by atoms with Gasteiger partial charge in [0.05, 0.1) is 11.1 Å². The maximum Gasteiger partial charge on any atom is 0.240 e. The summed E-state index contributed by atoms with van der Waals surface area (Å²) in [4.78, 5) is 0.341. The van der Waals surface area contributed by atoms with Crippen LogP contribution in [0.2, 0.25) is 0 Å². The molecule has 1 rings (SSSR count). The van der Waals surface area contributed by atoms with Crippen molar-refractivity contribution in [2.24, 2.45) is 5.92 Å². The first-order chi connectivity index (χ1) is 7.45. The summed E-state index contributed by atoms with van der Waals surface area (Å²) in [7, 11) is -1.47. The minimum atomic E-state index is -3.33. The minimum absolute atomic E-state index is 0. The van der Waals surface area contributed by atoms with Crippen molar-refractivity contribution < 1.29 is 25.4 Å². The van der Waals surface area contributed by atoms with Gasteiger partial charge >= 0.3 is 0 Å². The van der Waals surface area contributed by atoms with E-state index in [4.69, 9.17) is 0 Å². The fourth-order valence-corrected chi connectivity index (χ4v) is 2.74. The van der Waals surface area contributed by atoms with E-state index in [2.05, 4.69) is 4.72 Å². The highest BCUT2D eigenvalue weighted by molar-refractivity contribution is 7.89. The third-order valence-corrected chi connectivity index (χ3v) is 4.22. The number of halogens is 1. The molecule has 1 aromatic rings. The van der Waals surface area contributed by atoms with Crippen LogP contribution in [0, 0.1) is 5.92 Å². The van der Waals surface area contributed by atoms with Gasteiger partial charge in [-0.2, -0.15) is 0 Å². The van der Waals surface area contributed by atoms with Crippen LogP contribution in [0.4, 0.5) is 0 Å². The number of hydrogen-bond donors (Lipinski definition) is 1. The van der Waals surface area contributed by atoms with E-state index >= 15 is 0 Å². The molecule has 0 fully saturated rings. The molecule has 0 amide bonds. The van der Waals surface area contributed by atoms with Gasteiger partial charge in [0.25, 0.3) is 0 Å². The average Bonchev–Trinajstić information content (AvgIpc) is 2.27. The van der Waals surface area contributed by atoms with Crippen LogP contribution < -0.4 is 21.7 Å². The smallest absolute Gasteiger partial charge is 0.240 e. The molecule has 0 heterocycles.